The number of nitrogens with zero attached hydrogens (tertiary/aromatic N) is 2. The number of fused-ring (bicyclic) bond motifs is 1. The van der Waals surface area contributed by atoms with Gasteiger partial charge in [-0.25, -0.2) is 0 Å². The van der Waals surface area contributed by atoms with Crippen LogP contribution in [-0.2, 0) is 4.79 Å². The van der Waals surface area contributed by atoms with Crippen LogP contribution in [0.15, 0.2) is 65.1 Å². The van der Waals surface area contributed by atoms with Crippen LogP contribution in [0.25, 0.3) is 17.2 Å². The summed E-state index contributed by atoms with van der Waals surface area (Å²) >= 11 is 0. The van der Waals surface area contributed by atoms with Gasteiger partial charge in [-0.1, -0.05) is 42.5 Å². The van der Waals surface area contributed by atoms with Crippen LogP contribution in [0.5, 0.6) is 0 Å². The van der Waals surface area contributed by atoms with Crippen LogP contribution < -0.4 is 10.2 Å². The number of carbonyl (C=O) groups excluding carboxylic acids is 1. The van der Waals surface area contributed by atoms with Gasteiger partial charge < -0.3 is 14.6 Å². The molecule has 4 rings (SSSR count). The summed E-state index contributed by atoms with van der Waals surface area (Å²) in [5, 5.41) is 2.99. The van der Waals surface area contributed by atoms with Gasteiger partial charge in [-0.05, 0) is 36.6 Å². The minimum atomic E-state index is -0.0849. The third kappa shape index (κ3) is 3.61. The highest BCUT2D eigenvalue weighted by atomic mass is 16.4. The van der Waals surface area contributed by atoms with Crippen molar-refractivity contribution in [2.75, 3.05) is 18.0 Å². The number of hydrogen-bond donors (Lipinski definition) is 1. The molecule has 0 aliphatic carbocycles. The molecule has 0 bridgehead atoms. The van der Waals surface area contributed by atoms with Gasteiger partial charge in [0.25, 0.3) is 6.01 Å². The zero-order valence-electron chi connectivity index (χ0n) is 14.5. The van der Waals surface area contributed by atoms with Crippen molar-refractivity contribution in [2.24, 2.45) is 0 Å². The Morgan fingerprint density at radius 1 is 1.19 bits per heavy atom. The smallest absolute Gasteiger partial charge is 0.298 e. The summed E-state index contributed by atoms with van der Waals surface area (Å²) in [5.74, 6) is -0.0849. The molecule has 2 aromatic carbocycles. The van der Waals surface area contributed by atoms with Crippen LogP contribution in [0.1, 0.15) is 18.4 Å². The number of benzene rings is 2. The summed E-state index contributed by atoms with van der Waals surface area (Å²) in [4.78, 5) is 18.8. The molecular weight excluding hydrogens is 326 g/mol. The topological polar surface area (TPSA) is 58.4 Å². The summed E-state index contributed by atoms with van der Waals surface area (Å²) < 4.78 is 5.88. The normalized spacial score (nSPS) is 17.2. The molecule has 1 saturated heterocycles. The number of carbonyl (C=O) groups is 1. The maximum absolute atomic E-state index is 12.1. The van der Waals surface area contributed by atoms with Crippen molar-refractivity contribution in [1.29, 1.82) is 0 Å². The molecule has 5 heteroatoms. The van der Waals surface area contributed by atoms with Crippen molar-refractivity contribution < 1.29 is 9.21 Å². The first-order chi connectivity index (χ1) is 12.8. The lowest BCUT2D eigenvalue weighted by Crippen LogP contribution is -2.39. The van der Waals surface area contributed by atoms with Crippen molar-refractivity contribution in [3.63, 3.8) is 0 Å². The highest BCUT2D eigenvalue weighted by molar-refractivity contribution is 5.91. The van der Waals surface area contributed by atoms with Gasteiger partial charge >= 0.3 is 0 Å². The van der Waals surface area contributed by atoms with Crippen LogP contribution in [0.2, 0.25) is 0 Å². The molecule has 1 unspecified atom stereocenters. The Morgan fingerprint density at radius 3 is 2.85 bits per heavy atom. The van der Waals surface area contributed by atoms with E-state index in [1.165, 1.54) is 0 Å². The Morgan fingerprint density at radius 2 is 2.00 bits per heavy atom. The van der Waals surface area contributed by atoms with Gasteiger partial charge in [-0.2, -0.15) is 4.98 Å². The molecule has 132 valence electrons. The quantitative estimate of drug-likeness (QED) is 0.716. The molecule has 1 aliphatic rings. The average Bonchev–Trinajstić information content (AvgIpc) is 3.31. The molecular formula is C21H21N3O2. The minimum Gasteiger partial charge on any atom is -0.423 e. The van der Waals surface area contributed by atoms with E-state index >= 15 is 0 Å². The van der Waals surface area contributed by atoms with Gasteiger partial charge in [0.1, 0.15) is 5.52 Å². The Kier molecular flexibility index (Phi) is 4.69. The molecule has 1 atom stereocenters. The maximum atomic E-state index is 12.1. The number of rotatable bonds is 5. The number of amides is 1. The lowest BCUT2D eigenvalue weighted by atomic mass is 10.2. The second kappa shape index (κ2) is 7.44. The Labute approximate surface area is 152 Å². The van der Waals surface area contributed by atoms with Crippen molar-refractivity contribution in [3.05, 3.63) is 66.2 Å². The van der Waals surface area contributed by atoms with Gasteiger partial charge in [-0.3, -0.25) is 4.79 Å². The zero-order chi connectivity index (χ0) is 17.8. The highest BCUT2D eigenvalue weighted by Crippen LogP contribution is 2.27. The van der Waals surface area contributed by atoms with E-state index in [9.17, 15) is 4.79 Å². The number of oxazole rings is 1. The summed E-state index contributed by atoms with van der Waals surface area (Å²) in [6.07, 6.45) is 5.48. The summed E-state index contributed by atoms with van der Waals surface area (Å²) in [5.41, 5.74) is 2.67. The molecule has 0 spiro atoms. The molecule has 1 aliphatic heterocycles. The van der Waals surface area contributed by atoms with Crippen LogP contribution in [0, 0.1) is 0 Å². The zero-order valence-corrected chi connectivity index (χ0v) is 14.5. The molecule has 2 heterocycles. The predicted molar refractivity (Wildman–Crippen MR) is 103 cm³/mol. The second-order valence-corrected chi connectivity index (χ2v) is 6.44. The number of nitrogens with one attached hydrogen (secondary N) is 1. The minimum absolute atomic E-state index is 0.0849. The van der Waals surface area contributed by atoms with Crippen molar-refractivity contribution >= 4 is 29.1 Å². The molecule has 1 N–H and O–H groups in total. The third-order valence-electron chi connectivity index (χ3n) is 4.64. The fourth-order valence-corrected chi connectivity index (χ4v) is 3.30. The van der Waals surface area contributed by atoms with Crippen LogP contribution in [0.3, 0.4) is 0 Å². The predicted octanol–water partition coefficient (Wildman–Crippen LogP) is 3.63. The fraction of sp³-hybridized carbons (Fsp3) is 0.238. The van der Waals surface area contributed by atoms with E-state index in [-0.39, 0.29) is 11.9 Å². The first-order valence-electron chi connectivity index (χ1n) is 8.93. The average molecular weight is 347 g/mol. The van der Waals surface area contributed by atoms with E-state index in [1.807, 2.05) is 60.7 Å². The number of anilines is 1. The number of para-hydroxylation sites is 2. The largest absolute Gasteiger partial charge is 0.423 e. The second-order valence-electron chi connectivity index (χ2n) is 6.44. The van der Waals surface area contributed by atoms with Gasteiger partial charge in [-0.15, -0.1) is 0 Å². The SMILES string of the molecule is O=C(/C=C/c1ccccc1)NCC1CCCN1c1nc2ccccc2o1. The number of hydrogen-bond acceptors (Lipinski definition) is 4. The fourth-order valence-electron chi connectivity index (χ4n) is 3.30. The van der Waals surface area contributed by atoms with Crippen molar-refractivity contribution in [3.8, 4) is 0 Å². The highest BCUT2D eigenvalue weighted by Gasteiger charge is 2.28. The van der Waals surface area contributed by atoms with Crippen LogP contribution >= 0.6 is 0 Å². The Hall–Kier alpha value is -3.08. The van der Waals surface area contributed by atoms with E-state index in [2.05, 4.69) is 15.2 Å². The number of aromatic nitrogens is 1. The lowest BCUT2D eigenvalue weighted by molar-refractivity contribution is -0.116. The Balaban J connectivity index is 1.38. The molecule has 0 radical (unpaired) electrons. The van der Waals surface area contributed by atoms with E-state index < -0.39 is 0 Å². The first kappa shape index (κ1) is 16.4. The Bertz CT molecular complexity index is 884. The summed E-state index contributed by atoms with van der Waals surface area (Å²) in [6.45, 7) is 1.48. The molecule has 1 fully saturated rings. The molecule has 0 saturated carbocycles. The van der Waals surface area contributed by atoms with Gasteiger partial charge in [0.2, 0.25) is 5.91 Å². The monoisotopic (exact) mass is 347 g/mol. The summed E-state index contributed by atoms with van der Waals surface area (Å²) in [7, 11) is 0. The van der Waals surface area contributed by atoms with E-state index in [0.29, 0.717) is 12.6 Å². The first-order valence-corrected chi connectivity index (χ1v) is 8.93. The molecule has 1 amide bonds. The molecule has 1 aromatic heterocycles. The van der Waals surface area contributed by atoms with Crippen LogP contribution in [0.4, 0.5) is 6.01 Å². The van der Waals surface area contributed by atoms with Gasteiger partial charge in [0, 0.05) is 19.2 Å². The molecule has 3 aromatic rings. The van der Waals surface area contributed by atoms with Crippen LogP contribution in [-0.4, -0.2) is 30.0 Å². The molecule has 5 nitrogen and oxygen atoms in total. The van der Waals surface area contributed by atoms with Crippen molar-refractivity contribution in [1.82, 2.24) is 10.3 Å². The standard InChI is InChI=1S/C21H21N3O2/c25-20(13-12-16-7-2-1-3-8-16)22-15-17-9-6-14-24(17)21-23-18-10-4-5-11-19(18)26-21/h1-5,7-8,10-13,17H,6,9,14-15H2,(H,22,25)/b13-12+. The van der Waals surface area contributed by atoms with Gasteiger partial charge in [0.05, 0.1) is 6.04 Å². The van der Waals surface area contributed by atoms with E-state index in [1.54, 1.807) is 6.08 Å². The van der Waals surface area contributed by atoms with Crippen molar-refractivity contribution in [2.45, 2.75) is 18.9 Å². The van der Waals surface area contributed by atoms with Gasteiger partial charge in [0.15, 0.2) is 5.58 Å². The third-order valence-corrected chi connectivity index (χ3v) is 4.64. The van der Waals surface area contributed by atoms with E-state index in [0.717, 1.165) is 36.0 Å². The lowest BCUT2D eigenvalue weighted by Gasteiger charge is -2.22. The van der Waals surface area contributed by atoms with E-state index in [4.69, 9.17) is 4.42 Å². The summed E-state index contributed by atoms with van der Waals surface area (Å²) in [6, 6.07) is 18.4. The molecule has 26 heavy (non-hydrogen) atoms. The maximum Gasteiger partial charge on any atom is 0.298 e.